The van der Waals surface area contributed by atoms with E-state index in [1.807, 2.05) is 13.8 Å². The van der Waals surface area contributed by atoms with E-state index in [1.165, 1.54) is 11.1 Å². The second-order valence-electron chi connectivity index (χ2n) is 7.30. The molecule has 0 saturated carbocycles. The maximum Gasteiger partial charge on any atom is 0.373 e. The van der Waals surface area contributed by atoms with Gasteiger partial charge in [0, 0.05) is 11.4 Å². The SMILES string of the molecule is Cc1ccc(N(c2ccc(C)cc2)C(C(=O)OC(C)C)C(C)C)cc1.O=C=O. The standard InChI is InChI=1S/C22H29NO2.CO2/c1-15(2)21(22(24)25-16(3)4)23(19-11-7-17(5)8-12-19)20-13-9-18(6)10-14-20;2-1-3/h7-16,21H,1-6H3;. The molecule has 0 spiro atoms. The minimum absolute atomic E-state index is 0.105. The molecule has 1 unspecified atom stereocenters. The first kappa shape index (κ1) is 23.1. The fraction of sp³-hybridized carbons (Fsp3) is 0.391. The second kappa shape index (κ2) is 11.1. The number of carbonyl (C=O) groups is 1. The second-order valence-corrected chi connectivity index (χ2v) is 7.30. The van der Waals surface area contributed by atoms with E-state index >= 15 is 0 Å². The fourth-order valence-electron chi connectivity index (χ4n) is 2.86. The third-order valence-electron chi connectivity index (χ3n) is 4.13. The Bertz CT molecular complexity index is 728. The van der Waals surface area contributed by atoms with E-state index in [-0.39, 0.29) is 30.2 Å². The summed E-state index contributed by atoms with van der Waals surface area (Å²) in [6, 6.07) is 16.2. The molecular weight excluding hydrogens is 354 g/mol. The number of ether oxygens (including phenoxy) is 1. The highest BCUT2D eigenvalue weighted by atomic mass is 16.5. The molecule has 2 aromatic rings. The Morgan fingerprint density at radius 1 is 0.821 bits per heavy atom. The lowest BCUT2D eigenvalue weighted by molar-refractivity contribution is -0.191. The van der Waals surface area contributed by atoms with Crippen LogP contribution in [0.2, 0.25) is 0 Å². The number of rotatable bonds is 6. The number of esters is 1. The zero-order valence-corrected chi connectivity index (χ0v) is 17.4. The third kappa shape index (κ3) is 6.67. The van der Waals surface area contributed by atoms with Gasteiger partial charge < -0.3 is 9.64 Å². The van der Waals surface area contributed by atoms with Gasteiger partial charge >= 0.3 is 12.1 Å². The molecule has 0 saturated heterocycles. The summed E-state index contributed by atoms with van der Waals surface area (Å²) in [6.07, 6.45) is 0.117. The van der Waals surface area contributed by atoms with E-state index in [2.05, 4.69) is 81.1 Å². The van der Waals surface area contributed by atoms with Crippen molar-refractivity contribution in [1.29, 1.82) is 0 Å². The van der Waals surface area contributed by atoms with Crippen LogP contribution in [0.15, 0.2) is 48.5 Å². The van der Waals surface area contributed by atoms with Crippen molar-refractivity contribution in [1.82, 2.24) is 0 Å². The summed E-state index contributed by atoms with van der Waals surface area (Å²) >= 11 is 0. The van der Waals surface area contributed by atoms with Gasteiger partial charge in [-0.1, -0.05) is 49.2 Å². The van der Waals surface area contributed by atoms with E-state index < -0.39 is 0 Å². The van der Waals surface area contributed by atoms with Crippen LogP contribution in [0, 0.1) is 19.8 Å². The van der Waals surface area contributed by atoms with Crippen LogP contribution in [0.25, 0.3) is 0 Å². The number of benzene rings is 2. The molecule has 150 valence electrons. The van der Waals surface area contributed by atoms with Crippen LogP contribution >= 0.6 is 0 Å². The van der Waals surface area contributed by atoms with E-state index in [0.29, 0.717) is 0 Å². The smallest absolute Gasteiger partial charge is 0.373 e. The number of carbonyl (C=O) groups excluding carboxylic acids is 3. The molecule has 0 amide bonds. The highest BCUT2D eigenvalue weighted by molar-refractivity contribution is 5.84. The van der Waals surface area contributed by atoms with Crippen LogP contribution < -0.4 is 4.90 Å². The highest BCUT2D eigenvalue weighted by Gasteiger charge is 2.32. The molecule has 0 radical (unpaired) electrons. The Hall–Kier alpha value is -2.91. The molecule has 0 bridgehead atoms. The van der Waals surface area contributed by atoms with Gasteiger partial charge in [0.05, 0.1) is 6.10 Å². The maximum atomic E-state index is 12.9. The van der Waals surface area contributed by atoms with Gasteiger partial charge in [-0.3, -0.25) is 0 Å². The van der Waals surface area contributed by atoms with E-state index in [9.17, 15) is 4.79 Å². The summed E-state index contributed by atoms with van der Waals surface area (Å²) in [4.78, 5) is 31.2. The summed E-state index contributed by atoms with van der Waals surface area (Å²) in [6.45, 7) is 12.0. The molecule has 0 N–H and O–H groups in total. The third-order valence-corrected chi connectivity index (χ3v) is 4.13. The Morgan fingerprint density at radius 2 is 1.18 bits per heavy atom. The van der Waals surface area contributed by atoms with Gasteiger partial charge in [0.15, 0.2) is 0 Å². The lowest BCUT2D eigenvalue weighted by Crippen LogP contribution is -2.44. The molecule has 0 heterocycles. The van der Waals surface area contributed by atoms with Crippen molar-refractivity contribution in [3.63, 3.8) is 0 Å². The van der Waals surface area contributed by atoms with Crippen molar-refractivity contribution in [2.24, 2.45) is 5.92 Å². The maximum absolute atomic E-state index is 12.9. The van der Waals surface area contributed by atoms with E-state index in [1.54, 1.807) is 0 Å². The molecule has 2 rings (SSSR count). The molecule has 0 aliphatic heterocycles. The average Bonchev–Trinajstić information content (AvgIpc) is 2.61. The molecule has 5 nitrogen and oxygen atoms in total. The van der Waals surface area contributed by atoms with Crippen LogP contribution in [0.5, 0.6) is 0 Å². The minimum Gasteiger partial charge on any atom is -0.461 e. The normalized spacial score (nSPS) is 11.3. The van der Waals surface area contributed by atoms with Gasteiger partial charge in [0.1, 0.15) is 6.04 Å². The lowest BCUT2D eigenvalue weighted by Gasteiger charge is -2.35. The van der Waals surface area contributed by atoms with Crippen molar-refractivity contribution in [2.45, 2.75) is 53.7 Å². The van der Waals surface area contributed by atoms with Crippen LogP contribution in [0.3, 0.4) is 0 Å². The summed E-state index contributed by atoms with van der Waals surface area (Å²) in [5.41, 5.74) is 4.37. The zero-order valence-electron chi connectivity index (χ0n) is 17.4. The largest absolute Gasteiger partial charge is 0.461 e. The first-order valence-electron chi connectivity index (χ1n) is 9.33. The van der Waals surface area contributed by atoms with Crippen molar-refractivity contribution in [3.8, 4) is 0 Å². The molecule has 1 atom stereocenters. The number of nitrogens with zero attached hydrogens (tertiary/aromatic N) is 1. The van der Waals surface area contributed by atoms with Crippen molar-refractivity contribution >= 4 is 23.5 Å². The molecule has 5 heteroatoms. The highest BCUT2D eigenvalue weighted by Crippen LogP contribution is 2.32. The van der Waals surface area contributed by atoms with Gasteiger partial charge in [-0.15, -0.1) is 0 Å². The molecule has 28 heavy (non-hydrogen) atoms. The van der Waals surface area contributed by atoms with E-state index in [4.69, 9.17) is 14.3 Å². The Kier molecular flexibility index (Phi) is 9.13. The van der Waals surface area contributed by atoms with Crippen molar-refractivity contribution in [3.05, 3.63) is 59.7 Å². The predicted molar refractivity (Wildman–Crippen MR) is 109 cm³/mol. The quantitative estimate of drug-likeness (QED) is 0.668. The van der Waals surface area contributed by atoms with Crippen LogP contribution in [-0.2, 0) is 19.1 Å². The monoisotopic (exact) mass is 383 g/mol. The van der Waals surface area contributed by atoms with Crippen LogP contribution in [0.4, 0.5) is 11.4 Å². The van der Waals surface area contributed by atoms with Gasteiger partial charge in [0.25, 0.3) is 0 Å². The van der Waals surface area contributed by atoms with E-state index in [0.717, 1.165) is 11.4 Å². The molecule has 2 aromatic carbocycles. The summed E-state index contributed by atoms with van der Waals surface area (Å²) in [5, 5.41) is 0. The molecular formula is C23H29NO4. The molecule has 0 aliphatic rings. The average molecular weight is 383 g/mol. The van der Waals surface area contributed by atoms with Gasteiger partial charge in [0.2, 0.25) is 0 Å². The minimum atomic E-state index is -0.382. The summed E-state index contributed by atoms with van der Waals surface area (Å²) < 4.78 is 5.56. The summed E-state index contributed by atoms with van der Waals surface area (Å²) in [5.74, 6) is -0.0833. The fourth-order valence-corrected chi connectivity index (χ4v) is 2.86. The number of aryl methyl sites for hydroxylation is 2. The van der Waals surface area contributed by atoms with Crippen LogP contribution in [0.1, 0.15) is 38.8 Å². The molecule has 0 fully saturated rings. The van der Waals surface area contributed by atoms with Crippen LogP contribution in [-0.4, -0.2) is 24.3 Å². The molecule has 0 aliphatic carbocycles. The Labute approximate surface area is 167 Å². The molecule has 0 aromatic heterocycles. The predicted octanol–water partition coefficient (Wildman–Crippen LogP) is 4.83. The van der Waals surface area contributed by atoms with Gasteiger partial charge in [-0.05, 0) is 57.9 Å². The topological polar surface area (TPSA) is 63.7 Å². The van der Waals surface area contributed by atoms with Crippen molar-refractivity contribution in [2.75, 3.05) is 4.90 Å². The summed E-state index contributed by atoms with van der Waals surface area (Å²) in [7, 11) is 0. The van der Waals surface area contributed by atoms with Crippen molar-refractivity contribution < 1.29 is 19.1 Å². The Balaban J connectivity index is 0.00000122. The first-order chi connectivity index (χ1) is 13.2. The number of anilines is 2. The number of hydrogen-bond donors (Lipinski definition) is 0. The lowest BCUT2D eigenvalue weighted by atomic mass is 10.00. The van der Waals surface area contributed by atoms with Gasteiger partial charge in [-0.25, -0.2) is 4.79 Å². The zero-order chi connectivity index (χ0) is 21.3. The number of hydrogen-bond acceptors (Lipinski definition) is 5. The Morgan fingerprint density at radius 3 is 1.46 bits per heavy atom. The first-order valence-corrected chi connectivity index (χ1v) is 9.33. The van der Waals surface area contributed by atoms with Gasteiger partial charge in [-0.2, -0.15) is 9.59 Å².